The van der Waals surface area contributed by atoms with E-state index in [4.69, 9.17) is 13.5 Å². The summed E-state index contributed by atoms with van der Waals surface area (Å²) in [6, 6.07) is 64.2. The van der Waals surface area contributed by atoms with Crippen molar-refractivity contribution in [3.8, 4) is 11.1 Å². The summed E-state index contributed by atoms with van der Waals surface area (Å²) in [7, 11) is 0. The number of hydrogen-bond donors (Lipinski definition) is 0. The summed E-state index contributed by atoms with van der Waals surface area (Å²) in [6.07, 6.45) is 0. The topological polar surface area (TPSA) is 30.4 Å². The number of benzene rings is 9. The average Bonchev–Trinajstić information content (AvgIpc) is 3.86. The first kappa shape index (κ1) is 30.3. The third-order valence-electron chi connectivity index (χ3n) is 12.9. The summed E-state index contributed by atoms with van der Waals surface area (Å²) in [6.45, 7) is -0.420. The second kappa shape index (κ2) is 12.4. The Hall–Kier alpha value is -7.75. The van der Waals surface area contributed by atoms with Crippen LogP contribution in [0.4, 0.5) is 0 Å². The molecule has 0 unspecified atom stereocenters. The van der Waals surface area contributed by atoms with Crippen molar-refractivity contribution in [1.82, 2.24) is 9.38 Å². The van der Waals surface area contributed by atoms with Crippen LogP contribution in [0.2, 0.25) is 0 Å². The number of rotatable bonds is 1. The molecule has 280 valence electrons. The number of fused-ring (bicyclic) bond motifs is 21. The minimum Gasteiger partial charge on any atom is -0.422 e. The van der Waals surface area contributed by atoms with E-state index in [1.807, 2.05) is 47.7 Å². The van der Waals surface area contributed by atoms with Crippen LogP contribution in [0.1, 0.15) is 15.2 Å². The SMILES string of the molecule is [2H]C([2H])([2H])c1cc2c3ccccc3c3cc4c5ccccc5c5ccccc5c5ccccc5c4cc3c3ccccc3c2cc1-c1c(C)ccc2c1oc1nc3ccccc3n12. The first-order chi connectivity index (χ1) is 30.8. The highest BCUT2D eigenvalue weighted by Crippen LogP contribution is 2.44. The van der Waals surface area contributed by atoms with Gasteiger partial charge >= 0.3 is 5.84 Å². The Morgan fingerprint density at radius 1 is 0.400 bits per heavy atom. The Morgan fingerprint density at radius 2 is 0.800 bits per heavy atom. The third-order valence-corrected chi connectivity index (χ3v) is 12.9. The summed E-state index contributed by atoms with van der Waals surface area (Å²) in [5.74, 6) is 0.470. The maximum atomic E-state index is 9.10. The molecule has 0 N–H and O–H groups in total. The molecule has 0 saturated carbocycles. The zero-order valence-electron chi connectivity index (χ0n) is 35.6. The molecule has 0 aliphatic rings. The molecule has 0 saturated heterocycles. The number of hydrogen-bond acceptors (Lipinski definition) is 2. The Kier molecular flexibility index (Phi) is 6.26. The molecule has 60 heavy (non-hydrogen) atoms. The number of oxazole rings is 1. The van der Waals surface area contributed by atoms with Gasteiger partial charge in [0.05, 0.1) is 16.6 Å². The van der Waals surface area contributed by atoms with E-state index in [0.29, 0.717) is 17.0 Å². The lowest BCUT2D eigenvalue weighted by atomic mass is 9.88. The van der Waals surface area contributed by atoms with E-state index in [9.17, 15) is 0 Å². The smallest absolute Gasteiger partial charge is 0.307 e. The molecule has 2 aromatic heterocycles. The molecule has 13 aromatic rings. The van der Waals surface area contributed by atoms with Crippen molar-refractivity contribution in [2.45, 2.75) is 13.8 Å². The second-order valence-electron chi connectivity index (χ2n) is 16.0. The molecule has 0 radical (unpaired) electrons. The molecule has 0 spiro atoms. The van der Waals surface area contributed by atoms with E-state index in [1.165, 1.54) is 32.3 Å². The second-order valence-corrected chi connectivity index (χ2v) is 16.0. The van der Waals surface area contributed by atoms with Crippen LogP contribution < -0.4 is 0 Å². The largest absolute Gasteiger partial charge is 0.422 e. The van der Waals surface area contributed by atoms with Crippen LogP contribution in [-0.4, -0.2) is 9.38 Å². The number of imidazole rings is 1. The Morgan fingerprint density at radius 3 is 1.27 bits per heavy atom. The minimum absolute atomic E-state index is 0.270. The molecule has 2 heterocycles. The summed E-state index contributed by atoms with van der Waals surface area (Å²) < 4.78 is 36.0. The van der Waals surface area contributed by atoms with Crippen molar-refractivity contribution in [2.24, 2.45) is 0 Å². The van der Waals surface area contributed by atoms with Crippen LogP contribution in [0, 0.1) is 13.8 Å². The molecule has 3 heteroatoms. The molecule has 0 bridgehead atoms. The molecular weight excluding hydrogens is 729 g/mol. The Labute approximate surface area is 348 Å². The molecule has 3 nitrogen and oxygen atoms in total. The van der Waals surface area contributed by atoms with Gasteiger partial charge in [-0.2, -0.15) is 4.98 Å². The third kappa shape index (κ3) is 4.57. The highest BCUT2D eigenvalue weighted by atomic mass is 16.4. The van der Waals surface area contributed by atoms with Gasteiger partial charge < -0.3 is 4.42 Å². The van der Waals surface area contributed by atoms with Crippen molar-refractivity contribution < 1.29 is 8.53 Å². The lowest BCUT2D eigenvalue weighted by Gasteiger charge is -2.16. The van der Waals surface area contributed by atoms with Gasteiger partial charge in [0.2, 0.25) is 0 Å². The fourth-order valence-electron chi connectivity index (χ4n) is 10.2. The van der Waals surface area contributed by atoms with Crippen LogP contribution in [0.5, 0.6) is 0 Å². The number of aromatic nitrogens is 2. The standard InChI is InChI=1S/C57H36N2O/c1-33-27-28-54-56(60-57-58-52-25-13-14-26-53(52)59(54)57)55(33)45-30-47-43-23-11-12-24-44(43)51-32-49-40-20-8-6-18-38(40)36-16-4-3-15-35(36)37-17-5-7-19-39(37)48(49)31-50(51)42-22-10-9-21-41(42)46(47)29-34(45)2/h3-32H,1-2H3/i2D3. The van der Waals surface area contributed by atoms with Gasteiger partial charge in [0, 0.05) is 9.68 Å². The Bertz CT molecular complexity index is 4210. The Balaban J connectivity index is 1.25. The first-order valence-electron chi connectivity index (χ1n) is 22.0. The van der Waals surface area contributed by atoms with Crippen LogP contribution in [0.3, 0.4) is 0 Å². The van der Waals surface area contributed by atoms with Gasteiger partial charge in [0.1, 0.15) is 0 Å². The minimum atomic E-state index is -2.45. The van der Waals surface area contributed by atoms with Crippen molar-refractivity contribution in [2.75, 3.05) is 0 Å². The van der Waals surface area contributed by atoms with E-state index in [0.717, 1.165) is 81.5 Å². The molecule has 0 aliphatic carbocycles. The van der Waals surface area contributed by atoms with Crippen LogP contribution >= 0.6 is 0 Å². The zero-order chi connectivity index (χ0) is 42.1. The van der Waals surface area contributed by atoms with Crippen LogP contribution in [0.25, 0.3) is 125 Å². The van der Waals surface area contributed by atoms with E-state index in [2.05, 4.69) is 146 Å². The van der Waals surface area contributed by atoms with Gasteiger partial charge in [-0.15, -0.1) is 0 Å². The molecule has 13 rings (SSSR count). The summed E-state index contributed by atoms with van der Waals surface area (Å²) in [5.41, 5.74) is 5.77. The normalized spacial score (nSPS) is 13.1. The number of nitrogens with zero attached hydrogens (tertiary/aromatic N) is 2. The maximum Gasteiger partial charge on any atom is 0.307 e. The van der Waals surface area contributed by atoms with Gasteiger partial charge in [0.15, 0.2) is 5.58 Å². The predicted molar refractivity (Wildman–Crippen MR) is 255 cm³/mol. The van der Waals surface area contributed by atoms with Crippen molar-refractivity contribution in [3.05, 3.63) is 193 Å². The van der Waals surface area contributed by atoms with E-state index in [1.54, 1.807) is 0 Å². The van der Waals surface area contributed by atoms with Crippen molar-refractivity contribution >= 4 is 114 Å². The molecule has 0 fully saturated rings. The zero-order valence-corrected chi connectivity index (χ0v) is 32.6. The first-order valence-corrected chi connectivity index (χ1v) is 20.5. The van der Waals surface area contributed by atoms with Gasteiger partial charge in [0.25, 0.3) is 0 Å². The molecule has 11 aromatic carbocycles. The highest BCUT2D eigenvalue weighted by molar-refractivity contribution is 6.32. The monoisotopic (exact) mass is 767 g/mol. The van der Waals surface area contributed by atoms with Crippen LogP contribution in [-0.2, 0) is 0 Å². The highest BCUT2D eigenvalue weighted by Gasteiger charge is 2.21. The molecule has 0 atom stereocenters. The molecule has 0 aliphatic heterocycles. The van der Waals surface area contributed by atoms with Gasteiger partial charge in [-0.05, 0) is 153 Å². The van der Waals surface area contributed by atoms with E-state index >= 15 is 0 Å². The van der Waals surface area contributed by atoms with Crippen molar-refractivity contribution in [3.63, 3.8) is 0 Å². The average molecular weight is 768 g/mol. The summed E-state index contributed by atoms with van der Waals surface area (Å²) in [5, 5.41) is 17.6. The van der Waals surface area contributed by atoms with E-state index < -0.39 is 6.85 Å². The van der Waals surface area contributed by atoms with Crippen LogP contribution in [0.15, 0.2) is 186 Å². The van der Waals surface area contributed by atoms with Gasteiger partial charge in [-0.25, -0.2) is 0 Å². The van der Waals surface area contributed by atoms with Gasteiger partial charge in [-0.3, -0.25) is 4.40 Å². The predicted octanol–water partition coefficient (Wildman–Crippen LogP) is 15.9. The maximum absolute atomic E-state index is 9.10. The van der Waals surface area contributed by atoms with E-state index in [-0.39, 0.29) is 5.56 Å². The number of para-hydroxylation sites is 2. The quantitative estimate of drug-likeness (QED) is 0.167. The fourth-order valence-corrected chi connectivity index (χ4v) is 10.2. The van der Waals surface area contributed by atoms with Gasteiger partial charge in [-0.1, -0.05) is 146 Å². The lowest BCUT2D eigenvalue weighted by molar-refractivity contribution is 0.644. The molecule has 0 amide bonds. The summed E-state index contributed by atoms with van der Waals surface area (Å²) >= 11 is 0. The molecular formula is C57H36N2O. The fraction of sp³-hybridized carbons (Fsp3) is 0.0351. The lowest BCUT2D eigenvalue weighted by Crippen LogP contribution is -1.91. The number of aryl methyl sites for hydroxylation is 2. The summed E-state index contributed by atoms with van der Waals surface area (Å²) in [4.78, 5) is 4.82. The van der Waals surface area contributed by atoms with Crippen molar-refractivity contribution in [1.29, 1.82) is 0 Å².